The number of fused-ring (bicyclic) bond motifs is 1. The third kappa shape index (κ3) is 4.60. The Hall–Kier alpha value is -3.11. The van der Waals surface area contributed by atoms with E-state index in [1.165, 1.54) is 7.05 Å². The van der Waals surface area contributed by atoms with Crippen LogP contribution in [0.1, 0.15) is 38.1 Å². The average Bonchev–Trinajstić information content (AvgIpc) is 3.41. The molecule has 0 spiro atoms. The Bertz CT molecular complexity index is 1260. The Balaban J connectivity index is 1.32. The first-order valence-corrected chi connectivity index (χ1v) is 12.1. The van der Waals surface area contributed by atoms with Crippen LogP contribution in [-0.2, 0) is 7.05 Å². The fourth-order valence-electron chi connectivity index (χ4n) is 4.85. The Labute approximate surface area is 197 Å². The summed E-state index contributed by atoms with van der Waals surface area (Å²) in [7, 11) is 1.49. The lowest BCUT2D eigenvalue weighted by molar-refractivity contribution is 0.214. The quantitative estimate of drug-likeness (QED) is 0.521. The van der Waals surface area contributed by atoms with Crippen LogP contribution in [-0.4, -0.2) is 68.5 Å². The van der Waals surface area contributed by atoms with Gasteiger partial charge in [-0.1, -0.05) is 12.8 Å². The SMILES string of the molecule is Cn1c(=O)c2nc(-c3ccc(OCCCN4CCNCC4)cc3)nnc2n(C2CCCC2)c1=O. The van der Waals surface area contributed by atoms with Crippen molar-refractivity contribution >= 4 is 11.2 Å². The van der Waals surface area contributed by atoms with Crippen molar-refractivity contribution < 1.29 is 4.74 Å². The van der Waals surface area contributed by atoms with Crippen LogP contribution in [0.2, 0.25) is 0 Å². The second-order valence-electron chi connectivity index (χ2n) is 9.08. The first-order valence-electron chi connectivity index (χ1n) is 12.1. The standard InChI is InChI=1S/C24H31N7O3/c1-29-23(32)20-22(31(24(29)33)18-5-2-3-6-18)28-27-21(26-20)17-7-9-19(10-8-17)34-16-4-13-30-14-11-25-12-15-30/h7-10,18,25H,2-6,11-16H2,1H3. The lowest BCUT2D eigenvalue weighted by Gasteiger charge is -2.26. The van der Waals surface area contributed by atoms with E-state index in [2.05, 4.69) is 25.4 Å². The number of aromatic nitrogens is 5. The predicted octanol–water partition coefficient (Wildman–Crippen LogP) is 1.34. The number of nitrogens with one attached hydrogen (secondary N) is 1. The van der Waals surface area contributed by atoms with E-state index in [1.54, 1.807) is 4.57 Å². The van der Waals surface area contributed by atoms with Crippen LogP contribution in [0.3, 0.4) is 0 Å². The Morgan fingerprint density at radius 2 is 1.79 bits per heavy atom. The molecule has 34 heavy (non-hydrogen) atoms. The summed E-state index contributed by atoms with van der Waals surface area (Å²) >= 11 is 0. The molecule has 10 nitrogen and oxygen atoms in total. The third-order valence-electron chi connectivity index (χ3n) is 6.80. The van der Waals surface area contributed by atoms with Crippen LogP contribution in [0.25, 0.3) is 22.6 Å². The summed E-state index contributed by atoms with van der Waals surface area (Å²) in [4.78, 5) is 32.6. The first-order chi connectivity index (χ1) is 16.6. The van der Waals surface area contributed by atoms with Crippen LogP contribution < -0.4 is 21.3 Å². The maximum Gasteiger partial charge on any atom is 0.332 e. The summed E-state index contributed by atoms with van der Waals surface area (Å²) in [5.74, 6) is 1.13. The van der Waals surface area contributed by atoms with Gasteiger partial charge in [-0.25, -0.2) is 9.78 Å². The van der Waals surface area contributed by atoms with E-state index in [1.807, 2.05) is 24.3 Å². The average molecular weight is 466 g/mol. The largest absolute Gasteiger partial charge is 0.494 e. The molecule has 2 aromatic heterocycles. The molecule has 1 aromatic carbocycles. The second-order valence-corrected chi connectivity index (χ2v) is 9.08. The molecule has 1 aliphatic carbocycles. The molecule has 3 heterocycles. The van der Waals surface area contributed by atoms with Crippen molar-refractivity contribution in [1.29, 1.82) is 0 Å². The highest BCUT2D eigenvalue weighted by Crippen LogP contribution is 2.29. The molecule has 2 aliphatic rings. The van der Waals surface area contributed by atoms with Crippen LogP contribution in [0.5, 0.6) is 5.75 Å². The molecule has 3 aromatic rings. The van der Waals surface area contributed by atoms with Gasteiger partial charge in [-0.3, -0.25) is 13.9 Å². The van der Waals surface area contributed by atoms with Gasteiger partial charge in [0.1, 0.15) is 5.75 Å². The molecule has 0 amide bonds. The topological polar surface area (TPSA) is 107 Å². The van der Waals surface area contributed by atoms with Crippen molar-refractivity contribution in [2.45, 2.75) is 38.1 Å². The van der Waals surface area contributed by atoms with Gasteiger partial charge in [-0.15, -0.1) is 10.2 Å². The number of ether oxygens (including phenoxy) is 1. The number of rotatable bonds is 7. The predicted molar refractivity (Wildman–Crippen MR) is 129 cm³/mol. The lowest BCUT2D eigenvalue weighted by atomic mass is 10.2. The molecule has 1 saturated carbocycles. The molecule has 10 heteroatoms. The summed E-state index contributed by atoms with van der Waals surface area (Å²) in [5, 5.41) is 11.9. The fourth-order valence-corrected chi connectivity index (χ4v) is 4.85. The van der Waals surface area contributed by atoms with Gasteiger partial charge >= 0.3 is 5.69 Å². The number of hydrogen-bond acceptors (Lipinski definition) is 8. The summed E-state index contributed by atoms with van der Waals surface area (Å²) in [6, 6.07) is 7.53. The fraction of sp³-hybridized carbons (Fsp3) is 0.542. The second kappa shape index (κ2) is 10.0. The number of nitrogens with zero attached hydrogens (tertiary/aromatic N) is 6. The third-order valence-corrected chi connectivity index (χ3v) is 6.80. The molecular weight excluding hydrogens is 434 g/mol. The van der Waals surface area contributed by atoms with Crippen molar-refractivity contribution in [2.24, 2.45) is 7.05 Å². The van der Waals surface area contributed by atoms with Gasteiger partial charge in [0.05, 0.1) is 6.61 Å². The molecule has 180 valence electrons. The van der Waals surface area contributed by atoms with Crippen LogP contribution in [0.4, 0.5) is 0 Å². The molecule has 5 rings (SSSR count). The summed E-state index contributed by atoms with van der Waals surface area (Å²) < 4.78 is 8.61. The van der Waals surface area contributed by atoms with Gasteiger partial charge in [0.15, 0.2) is 17.0 Å². The van der Waals surface area contributed by atoms with E-state index in [0.717, 1.165) is 80.7 Å². The molecule has 0 radical (unpaired) electrons. The van der Waals surface area contributed by atoms with E-state index < -0.39 is 5.56 Å². The Morgan fingerprint density at radius 1 is 1.06 bits per heavy atom. The van der Waals surface area contributed by atoms with Crippen LogP contribution >= 0.6 is 0 Å². The lowest BCUT2D eigenvalue weighted by Crippen LogP contribution is -2.43. The molecule has 1 N–H and O–H groups in total. The normalized spacial score (nSPS) is 17.4. The van der Waals surface area contributed by atoms with Gasteiger partial charge < -0.3 is 15.0 Å². The van der Waals surface area contributed by atoms with E-state index in [0.29, 0.717) is 12.4 Å². The highest BCUT2D eigenvalue weighted by Gasteiger charge is 2.24. The minimum Gasteiger partial charge on any atom is -0.494 e. The number of benzene rings is 1. The Morgan fingerprint density at radius 3 is 2.53 bits per heavy atom. The highest BCUT2D eigenvalue weighted by molar-refractivity contribution is 5.71. The maximum atomic E-state index is 12.8. The van der Waals surface area contributed by atoms with E-state index >= 15 is 0 Å². The van der Waals surface area contributed by atoms with E-state index in [4.69, 9.17) is 4.74 Å². The van der Waals surface area contributed by atoms with Crippen LogP contribution in [0, 0.1) is 0 Å². The zero-order valence-electron chi connectivity index (χ0n) is 19.6. The Kier molecular flexibility index (Phi) is 6.68. The molecule has 1 saturated heterocycles. The molecular formula is C24H31N7O3. The summed E-state index contributed by atoms with van der Waals surface area (Å²) in [6.45, 7) is 5.99. The molecule has 0 bridgehead atoms. The van der Waals surface area contributed by atoms with Crippen molar-refractivity contribution in [2.75, 3.05) is 39.3 Å². The molecule has 0 unspecified atom stereocenters. The minimum absolute atomic E-state index is 0.0340. The monoisotopic (exact) mass is 465 g/mol. The summed E-state index contributed by atoms with van der Waals surface area (Å²) in [6.07, 6.45) is 4.89. The highest BCUT2D eigenvalue weighted by atomic mass is 16.5. The van der Waals surface area contributed by atoms with Crippen molar-refractivity contribution in [1.82, 2.24) is 34.5 Å². The molecule has 0 atom stereocenters. The van der Waals surface area contributed by atoms with E-state index in [9.17, 15) is 9.59 Å². The number of piperazine rings is 1. The van der Waals surface area contributed by atoms with Gasteiger partial charge in [0.25, 0.3) is 5.56 Å². The van der Waals surface area contributed by atoms with Gasteiger partial charge in [-0.2, -0.15) is 0 Å². The zero-order valence-corrected chi connectivity index (χ0v) is 19.6. The van der Waals surface area contributed by atoms with Crippen LogP contribution in [0.15, 0.2) is 33.9 Å². The van der Waals surface area contributed by atoms with Crippen molar-refractivity contribution in [3.8, 4) is 17.1 Å². The van der Waals surface area contributed by atoms with Gasteiger partial charge in [0.2, 0.25) is 0 Å². The first kappa shape index (κ1) is 22.7. The number of hydrogen-bond donors (Lipinski definition) is 1. The molecule has 1 aliphatic heterocycles. The summed E-state index contributed by atoms with van der Waals surface area (Å²) in [5.41, 5.74) is 0.380. The van der Waals surface area contributed by atoms with Crippen molar-refractivity contribution in [3.63, 3.8) is 0 Å². The molecule has 2 fully saturated rings. The smallest absolute Gasteiger partial charge is 0.332 e. The van der Waals surface area contributed by atoms with Crippen molar-refractivity contribution in [3.05, 3.63) is 45.1 Å². The minimum atomic E-state index is -0.449. The van der Waals surface area contributed by atoms with Gasteiger partial charge in [0, 0.05) is 51.4 Å². The maximum absolute atomic E-state index is 12.8. The zero-order chi connectivity index (χ0) is 23.5. The van der Waals surface area contributed by atoms with Gasteiger partial charge in [-0.05, 0) is 43.5 Å². The van der Waals surface area contributed by atoms with E-state index in [-0.39, 0.29) is 22.9 Å².